The Bertz CT molecular complexity index is 675. The molecule has 2 N–H and O–H groups in total. The standard InChI is InChI=1S/C17H19F3N2O3/c1-2-14(23)21-13-7-4-3-6-12(13)10-15(24)22-9-5-8-16(25,11-22)17(18,19)20/h2-4,6-7,25H,1,5,8-11H2,(H,21,23). The number of halogens is 3. The number of piperidine rings is 1. The smallest absolute Gasteiger partial charge is 0.379 e. The molecule has 1 aliphatic heterocycles. The van der Waals surface area contributed by atoms with Crippen molar-refractivity contribution in [3.05, 3.63) is 42.5 Å². The van der Waals surface area contributed by atoms with Crippen molar-refractivity contribution in [2.45, 2.75) is 31.0 Å². The van der Waals surface area contributed by atoms with Crippen LogP contribution in [0.15, 0.2) is 36.9 Å². The van der Waals surface area contributed by atoms with Crippen molar-refractivity contribution in [3.8, 4) is 0 Å². The lowest BCUT2D eigenvalue weighted by molar-refractivity contribution is -0.272. The van der Waals surface area contributed by atoms with E-state index in [0.717, 1.165) is 11.0 Å². The minimum absolute atomic E-state index is 0.0661. The lowest BCUT2D eigenvalue weighted by Crippen LogP contribution is -2.58. The van der Waals surface area contributed by atoms with Crippen molar-refractivity contribution in [1.82, 2.24) is 4.90 Å². The van der Waals surface area contributed by atoms with Crippen molar-refractivity contribution in [2.75, 3.05) is 18.4 Å². The lowest BCUT2D eigenvalue weighted by Gasteiger charge is -2.40. The molecule has 0 aromatic heterocycles. The molecular weight excluding hydrogens is 337 g/mol. The van der Waals surface area contributed by atoms with Crippen LogP contribution in [0.2, 0.25) is 0 Å². The van der Waals surface area contributed by atoms with Crippen LogP contribution in [0.5, 0.6) is 0 Å². The topological polar surface area (TPSA) is 69.6 Å². The highest BCUT2D eigenvalue weighted by Crippen LogP contribution is 2.37. The van der Waals surface area contributed by atoms with E-state index in [-0.39, 0.29) is 19.4 Å². The van der Waals surface area contributed by atoms with E-state index in [0.29, 0.717) is 11.3 Å². The highest BCUT2D eigenvalue weighted by atomic mass is 19.4. The lowest BCUT2D eigenvalue weighted by atomic mass is 9.91. The largest absolute Gasteiger partial charge is 0.418 e. The van der Waals surface area contributed by atoms with Gasteiger partial charge in [0.1, 0.15) is 0 Å². The van der Waals surface area contributed by atoms with Crippen molar-refractivity contribution >= 4 is 17.5 Å². The second-order valence-electron chi connectivity index (χ2n) is 5.98. The van der Waals surface area contributed by atoms with E-state index in [4.69, 9.17) is 0 Å². The van der Waals surface area contributed by atoms with E-state index in [2.05, 4.69) is 11.9 Å². The number of hydrogen-bond donors (Lipinski definition) is 2. The van der Waals surface area contributed by atoms with Gasteiger partial charge in [0.2, 0.25) is 11.8 Å². The number of carbonyl (C=O) groups is 2. The molecule has 136 valence electrons. The van der Waals surface area contributed by atoms with Crippen molar-refractivity contribution in [1.29, 1.82) is 0 Å². The number of alkyl halides is 3. The summed E-state index contributed by atoms with van der Waals surface area (Å²) >= 11 is 0. The van der Waals surface area contributed by atoms with E-state index >= 15 is 0 Å². The Hall–Kier alpha value is -2.35. The van der Waals surface area contributed by atoms with Gasteiger partial charge < -0.3 is 15.3 Å². The monoisotopic (exact) mass is 356 g/mol. The van der Waals surface area contributed by atoms with Crippen molar-refractivity contribution in [3.63, 3.8) is 0 Å². The second kappa shape index (κ2) is 7.26. The number of hydrogen-bond acceptors (Lipinski definition) is 3. The fourth-order valence-corrected chi connectivity index (χ4v) is 2.74. The maximum absolute atomic E-state index is 13.0. The first-order chi connectivity index (χ1) is 11.7. The zero-order valence-corrected chi connectivity index (χ0v) is 13.5. The second-order valence-corrected chi connectivity index (χ2v) is 5.98. The number of β-amino-alcohol motifs (C(OH)–C–C–N with tert-alkyl or cyclic N) is 1. The molecule has 0 spiro atoms. The predicted molar refractivity (Wildman–Crippen MR) is 85.8 cm³/mol. The van der Waals surface area contributed by atoms with Crippen LogP contribution in [-0.2, 0) is 16.0 Å². The maximum Gasteiger partial charge on any atom is 0.418 e. The van der Waals surface area contributed by atoms with Crippen LogP contribution in [-0.4, -0.2) is 46.7 Å². The molecule has 1 atom stereocenters. The van der Waals surface area contributed by atoms with E-state index < -0.39 is 36.6 Å². The summed E-state index contributed by atoms with van der Waals surface area (Å²) in [6, 6.07) is 6.52. The number of benzene rings is 1. The summed E-state index contributed by atoms with van der Waals surface area (Å²) in [5.74, 6) is -0.994. The van der Waals surface area contributed by atoms with Gasteiger partial charge in [0.25, 0.3) is 0 Å². The quantitative estimate of drug-likeness (QED) is 0.813. The Morgan fingerprint density at radius 1 is 1.36 bits per heavy atom. The van der Waals surface area contributed by atoms with E-state index in [1.54, 1.807) is 24.3 Å². The molecule has 0 aliphatic carbocycles. The summed E-state index contributed by atoms with van der Waals surface area (Å²) in [5, 5.41) is 12.4. The summed E-state index contributed by atoms with van der Waals surface area (Å²) < 4.78 is 39.0. The SMILES string of the molecule is C=CC(=O)Nc1ccccc1CC(=O)N1CCCC(O)(C(F)(F)F)C1. The Morgan fingerprint density at radius 3 is 2.68 bits per heavy atom. The Morgan fingerprint density at radius 2 is 2.04 bits per heavy atom. The number of carbonyl (C=O) groups excluding carboxylic acids is 2. The number of aliphatic hydroxyl groups is 1. The van der Waals surface area contributed by atoms with E-state index in [9.17, 15) is 27.9 Å². The molecule has 1 heterocycles. The van der Waals surface area contributed by atoms with Gasteiger partial charge in [-0.2, -0.15) is 13.2 Å². The zero-order chi connectivity index (χ0) is 18.7. The summed E-state index contributed by atoms with van der Waals surface area (Å²) in [4.78, 5) is 24.9. The number of anilines is 1. The van der Waals surface area contributed by atoms with Crippen LogP contribution < -0.4 is 5.32 Å². The first-order valence-electron chi connectivity index (χ1n) is 7.74. The number of likely N-dealkylation sites (tertiary alicyclic amines) is 1. The zero-order valence-electron chi connectivity index (χ0n) is 13.5. The third-order valence-electron chi connectivity index (χ3n) is 4.15. The molecule has 0 radical (unpaired) electrons. The first-order valence-corrected chi connectivity index (χ1v) is 7.74. The van der Waals surface area contributed by atoms with Gasteiger partial charge in [0, 0.05) is 12.2 Å². The minimum Gasteiger partial charge on any atom is -0.379 e. The number of amides is 2. The number of nitrogens with zero attached hydrogens (tertiary/aromatic N) is 1. The van der Waals surface area contributed by atoms with Crippen LogP contribution in [0.1, 0.15) is 18.4 Å². The highest BCUT2D eigenvalue weighted by molar-refractivity contribution is 5.99. The molecule has 1 aliphatic rings. The molecule has 2 rings (SSSR count). The van der Waals surface area contributed by atoms with Gasteiger partial charge in [-0.15, -0.1) is 0 Å². The number of para-hydroxylation sites is 1. The Labute approximate surface area is 143 Å². The van der Waals surface area contributed by atoms with Crippen LogP contribution in [0.4, 0.5) is 18.9 Å². The molecule has 2 amide bonds. The van der Waals surface area contributed by atoms with Gasteiger partial charge >= 0.3 is 6.18 Å². The molecule has 1 aromatic carbocycles. The van der Waals surface area contributed by atoms with Gasteiger partial charge in [-0.05, 0) is 30.5 Å². The van der Waals surface area contributed by atoms with Crippen LogP contribution in [0, 0.1) is 0 Å². The van der Waals surface area contributed by atoms with Gasteiger partial charge in [0.15, 0.2) is 5.60 Å². The summed E-state index contributed by atoms with van der Waals surface area (Å²) in [5.41, 5.74) is -2.01. The summed E-state index contributed by atoms with van der Waals surface area (Å²) in [6.45, 7) is 2.71. The molecule has 5 nitrogen and oxygen atoms in total. The molecule has 0 saturated carbocycles. The molecular formula is C17H19F3N2O3. The van der Waals surface area contributed by atoms with E-state index in [1.807, 2.05) is 0 Å². The van der Waals surface area contributed by atoms with E-state index in [1.165, 1.54) is 0 Å². The molecule has 8 heteroatoms. The molecule has 0 bridgehead atoms. The predicted octanol–water partition coefficient (Wildman–Crippen LogP) is 2.27. The normalized spacial score (nSPS) is 20.9. The average Bonchev–Trinajstić information content (AvgIpc) is 2.55. The summed E-state index contributed by atoms with van der Waals surface area (Å²) in [6.07, 6.45) is -4.25. The first kappa shape index (κ1) is 19.0. The van der Waals surface area contributed by atoms with Gasteiger partial charge in [-0.3, -0.25) is 9.59 Å². The van der Waals surface area contributed by atoms with Gasteiger partial charge in [0.05, 0.1) is 13.0 Å². The molecule has 1 fully saturated rings. The third kappa shape index (κ3) is 4.39. The summed E-state index contributed by atoms with van der Waals surface area (Å²) in [7, 11) is 0. The average molecular weight is 356 g/mol. The molecule has 1 unspecified atom stereocenters. The van der Waals surface area contributed by atoms with Crippen molar-refractivity contribution in [2.24, 2.45) is 0 Å². The van der Waals surface area contributed by atoms with Crippen LogP contribution >= 0.6 is 0 Å². The molecule has 1 saturated heterocycles. The number of nitrogens with one attached hydrogen (secondary N) is 1. The highest BCUT2D eigenvalue weighted by Gasteiger charge is 2.55. The molecule has 1 aromatic rings. The van der Waals surface area contributed by atoms with Gasteiger partial charge in [-0.1, -0.05) is 24.8 Å². The Balaban J connectivity index is 2.12. The van der Waals surface area contributed by atoms with Crippen LogP contribution in [0.25, 0.3) is 0 Å². The maximum atomic E-state index is 13.0. The number of rotatable bonds is 4. The molecule has 25 heavy (non-hydrogen) atoms. The van der Waals surface area contributed by atoms with Crippen LogP contribution in [0.3, 0.4) is 0 Å². The minimum atomic E-state index is -4.79. The fraction of sp³-hybridized carbons (Fsp3) is 0.412. The fourth-order valence-electron chi connectivity index (χ4n) is 2.74. The van der Waals surface area contributed by atoms with Gasteiger partial charge in [-0.25, -0.2) is 0 Å². The third-order valence-corrected chi connectivity index (χ3v) is 4.15. The van der Waals surface area contributed by atoms with Crippen molar-refractivity contribution < 1.29 is 27.9 Å². The Kier molecular flexibility index (Phi) is 5.52.